The summed E-state index contributed by atoms with van der Waals surface area (Å²) in [5, 5.41) is 8.03. The van der Waals surface area contributed by atoms with Crippen molar-refractivity contribution in [2.75, 3.05) is 0 Å². The Balaban J connectivity index is 0.000000136. The average molecular weight is 334 g/mol. The van der Waals surface area contributed by atoms with Crippen LogP contribution in [0.1, 0.15) is 11.1 Å². The van der Waals surface area contributed by atoms with Gasteiger partial charge in [-0.1, -0.05) is 103 Å². The second-order valence-corrected chi connectivity index (χ2v) is 6.81. The first kappa shape index (κ1) is 16.4. The number of benzene rings is 5. The van der Waals surface area contributed by atoms with E-state index in [1.165, 1.54) is 43.4 Å². The van der Waals surface area contributed by atoms with Crippen molar-refractivity contribution in [3.63, 3.8) is 0 Å². The molecular weight excluding hydrogens is 312 g/mol. The third kappa shape index (κ3) is 3.19. The number of aryl methyl sites for hydroxylation is 2. The van der Waals surface area contributed by atoms with Crippen molar-refractivity contribution in [3.05, 3.63) is 108 Å². The molecule has 26 heavy (non-hydrogen) atoms. The third-order valence-electron chi connectivity index (χ3n) is 4.88. The molecule has 5 aromatic rings. The molecule has 0 amide bonds. The Morgan fingerprint density at radius 3 is 1.77 bits per heavy atom. The molecule has 0 saturated carbocycles. The van der Waals surface area contributed by atoms with E-state index in [9.17, 15) is 0 Å². The zero-order valence-electron chi connectivity index (χ0n) is 15.2. The fourth-order valence-electron chi connectivity index (χ4n) is 3.55. The van der Waals surface area contributed by atoms with Gasteiger partial charge in [-0.25, -0.2) is 0 Å². The van der Waals surface area contributed by atoms with Crippen molar-refractivity contribution < 1.29 is 0 Å². The van der Waals surface area contributed by atoms with E-state index in [4.69, 9.17) is 0 Å². The van der Waals surface area contributed by atoms with Gasteiger partial charge >= 0.3 is 0 Å². The van der Waals surface area contributed by atoms with Crippen LogP contribution in [0.2, 0.25) is 0 Å². The predicted molar refractivity (Wildman–Crippen MR) is 115 cm³/mol. The zero-order chi connectivity index (χ0) is 17.9. The first-order valence-electron chi connectivity index (χ1n) is 9.05. The van der Waals surface area contributed by atoms with Gasteiger partial charge in [0, 0.05) is 0 Å². The minimum atomic E-state index is 1.32. The first-order valence-corrected chi connectivity index (χ1v) is 9.05. The van der Waals surface area contributed by atoms with Crippen LogP contribution in [0.25, 0.3) is 32.3 Å². The summed E-state index contributed by atoms with van der Waals surface area (Å²) in [6, 6.07) is 34.3. The Morgan fingerprint density at radius 2 is 1.00 bits per heavy atom. The van der Waals surface area contributed by atoms with Crippen molar-refractivity contribution in [1.82, 2.24) is 0 Å². The zero-order valence-corrected chi connectivity index (χ0v) is 15.2. The molecule has 0 heterocycles. The van der Waals surface area contributed by atoms with Gasteiger partial charge in [-0.15, -0.1) is 0 Å². The van der Waals surface area contributed by atoms with E-state index in [2.05, 4.69) is 111 Å². The number of fused-ring (bicyclic) bond motifs is 4. The quantitative estimate of drug-likeness (QED) is 0.258. The molecule has 0 aliphatic heterocycles. The fraction of sp³-hybridized carbons (Fsp3) is 0.0769. The number of hydrogen-bond donors (Lipinski definition) is 0. The molecule has 0 saturated heterocycles. The van der Waals surface area contributed by atoms with Crippen molar-refractivity contribution in [2.45, 2.75) is 13.8 Å². The molecule has 5 rings (SSSR count). The van der Waals surface area contributed by atoms with Crippen LogP contribution in [0, 0.1) is 13.8 Å². The van der Waals surface area contributed by atoms with Gasteiger partial charge in [0.15, 0.2) is 0 Å². The summed E-state index contributed by atoms with van der Waals surface area (Å²) >= 11 is 0. The standard InChI is InChI=1S/C15H12.C11H10/c1-11-10-12-6-2-3-8-14(12)15-9-5-4-7-13(11)15;1-9-6-7-10-4-2-3-5-11(10)8-9/h2-10H,1H3;2-8H,1H3. The summed E-state index contributed by atoms with van der Waals surface area (Å²) in [5.41, 5.74) is 2.67. The maximum absolute atomic E-state index is 2.26. The van der Waals surface area contributed by atoms with Gasteiger partial charge in [0.1, 0.15) is 0 Å². The molecule has 0 nitrogen and oxygen atoms in total. The van der Waals surface area contributed by atoms with Gasteiger partial charge in [-0.05, 0) is 51.7 Å². The Kier molecular flexibility index (Phi) is 4.41. The molecule has 0 atom stereocenters. The topological polar surface area (TPSA) is 0 Å². The van der Waals surface area contributed by atoms with Crippen LogP contribution in [-0.4, -0.2) is 0 Å². The van der Waals surface area contributed by atoms with Crippen LogP contribution in [0.15, 0.2) is 97.1 Å². The van der Waals surface area contributed by atoms with Crippen molar-refractivity contribution >= 4 is 32.3 Å². The highest BCUT2D eigenvalue weighted by Crippen LogP contribution is 2.27. The lowest BCUT2D eigenvalue weighted by molar-refractivity contribution is 1.51. The summed E-state index contributed by atoms with van der Waals surface area (Å²) in [6.07, 6.45) is 0. The lowest BCUT2D eigenvalue weighted by Crippen LogP contribution is -1.81. The lowest BCUT2D eigenvalue weighted by Gasteiger charge is -2.06. The van der Waals surface area contributed by atoms with E-state index in [0.29, 0.717) is 0 Å². The van der Waals surface area contributed by atoms with Crippen LogP contribution in [-0.2, 0) is 0 Å². The average Bonchev–Trinajstić information content (AvgIpc) is 2.69. The Hall–Kier alpha value is -3.12. The summed E-state index contributed by atoms with van der Waals surface area (Å²) in [4.78, 5) is 0. The molecule has 0 bridgehead atoms. The molecule has 0 spiro atoms. The molecule has 0 fully saturated rings. The van der Waals surface area contributed by atoms with Crippen LogP contribution in [0.5, 0.6) is 0 Å². The van der Waals surface area contributed by atoms with Crippen molar-refractivity contribution in [3.8, 4) is 0 Å². The van der Waals surface area contributed by atoms with Crippen molar-refractivity contribution in [1.29, 1.82) is 0 Å². The summed E-state index contributed by atoms with van der Waals surface area (Å²) in [5.74, 6) is 0. The van der Waals surface area contributed by atoms with Crippen LogP contribution >= 0.6 is 0 Å². The highest BCUT2D eigenvalue weighted by atomic mass is 14.1. The largest absolute Gasteiger partial charge is 0.0616 e. The second-order valence-electron chi connectivity index (χ2n) is 6.81. The van der Waals surface area contributed by atoms with E-state index in [1.807, 2.05) is 0 Å². The first-order chi connectivity index (χ1) is 12.7. The van der Waals surface area contributed by atoms with Crippen LogP contribution < -0.4 is 0 Å². The Bertz CT molecular complexity index is 1200. The van der Waals surface area contributed by atoms with E-state index in [-0.39, 0.29) is 0 Å². The summed E-state index contributed by atoms with van der Waals surface area (Å²) in [6.45, 7) is 4.29. The highest BCUT2D eigenvalue weighted by molar-refractivity contribution is 6.08. The summed E-state index contributed by atoms with van der Waals surface area (Å²) in [7, 11) is 0. The van der Waals surface area contributed by atoms with E-state index >= 15 is 0 Å². The molecule has 0 unspecified atom stereocenters. The molecule has 5 aromatic carbocycles. The molecule has 0 aliphatic rings. The fourth-order valence-corrected chi connectivity index (χ4v) is 3.55. The molecule has 126 valence electrons. The van der Waals surface area contributed by atoms with Gasteiger partial charge in [0.05, 0.1) is 0 Å². The van der Waals surface area contributed by atoms with Gasteiger partial charge in [0.25, 0.3) is 0 Å². The lowest BCUT2D eigenvalue weighted by atomic mass is 9.98. The van der Waals surface area contributed by atoms with Crippen molar-refractivity contribution in [2.24, 2.45) is 0 Å². The third-order valence-corrected chi connectivity index (χ3v) is 4.88. The van der Waals surface area contributed by atoms with Gasteiger partial charge in [-0.2, -0.15) is 0 Å². The minimum Gasteiger partial charge on any atom is -0.0616 e. The SMILES string of the molecule is Cc1cc2ccccc2c2ccccc12.Cc1ccc2ccccc2c1. The number of rotatable bonds is 0. The maximum atomic E-state index is 2.26. The van der Waals surface area contributed by atoms with Gasteiger partial charge in [0.2, 0.25) is 0 Å². The predicted octanol–water partition coefficient (Wildman–Crippen LogP) is 7.45. The molecule has 0 N–H and O–H groups in total. The highest BCUT2D eigenvalue weighted by Gasteiger charge is 2.01. The van der Waals surface area contributed by atoms with Crippen LogP contribution in [0.3, 0.4) is 0 Å². The molecular formula is C26H22. The second kappa shape index (κ2) is 7.01. The Morgan fingerprint density at radius 1 is 0.423 bits per heavy atom. The van der Waals surface area contributed by atoms with Gasteiger partial charge < -0.3 is 0 Å². The summed E-state index contributed by atoms with van der Waals surface area (Å²) < 4.78 is 0. The Labute approximate surface area is 154 Å². The smallest absolute Gasteiger partial charge is 0.0103 e. The van der Waals surface area contributed by atoms with E-state index < -0.39 is 0 Å². The van der Waals surface area contributed by atoms with Crippen LogP contribution in [0.4, 0.5) is 0 Å². The molecule has 0 aliphatic carbocycles. The molecule has 0 radical (unpaired) electrons. The van der Waals surface area contributed by atoms with E-state index in [1.54, 1.807) is 0 Å². The molecule has 0 heteroatoms. The van der Waals surface area contributed by atoms with E-state index in [0.717, 1.165) is 0 Å². The molecule has 0 aromatic heterocycles. The maximum Gasteiger partial charge on any atom is -0.0103 e. The number of hydrogen-bond acceptors (Lipinski definition) is 0. The normalized spacial score (nSPS) is 10.7. The monoisotopic (exact) mass is 334 g/mol. The van der Waals surface area contributed by atoms with Gasteiger partial charge in [-0.3, -0.25) is 0 Å². The minimum absolute atomic E-state index is 1.32.